The summed E-state index contributed by atoms with van der Waals surface area (Å²) in [5, 5.41) is 4.96. The van der Waals surface area contributed by atoms with E-state index < -0.39 is 21.5 Å². The Labute approximate surface area is 125 Å². The molecule has 0 saturated heterocycles. The number of alkyl halides is 2. The second-order valence-corrected chi connectivity index (χ2v) is 6.53. The van der Waals surface area contributed by atoms with E-state index in [9.17, 15) is 14.0 Å². The zero-order valence-corrected chi connectivity index (χ0v) is 12.4. The second kappa shape index (κ2) is 4.90. The van der Waals surface area contributed by atoms with Gasteiger partial charge < -0.3 is 10.6 Å². The molecule has 1 aliphatic carbocycles. The van der Waals surface area contributed by atoms with Crippen LogP contribution < -0.4 is 10.6 Å². The predicted molar refractivity (Wildman–Crippen MR) is 76.5 cm³/mol. The highest BCUT2D eigenvalue weighted by atomic mass is 35.5. The van der Waals surface area contributed by atoms with E-state index in [0.29, 0.717) is 12.1 Å². The SMILES string of the molecule is CC(=O)Nc1ccc(F)c(NC(=O)C2(C)CC2(Cl)Cl)c1. The fourth-order valence-corrected chi connectivity index (χ4v) is 2.51. The number of hydrogen-bond donors (Lipinski definition) is 2. The Balaban J connectivity index is 2.17. The Morgan fingerprint density at radius 3 is 2.40 bits per heavy atom. The highest BCUT2D eigenvalue weighted by Gasteiger charge is 2.67. The molecule has 1 aliphatic rings. The summed E-state index contributed by atoms with van der Waals surface area (Å²) in [4.78, 5) is 23.0. The van der Waals surface area contributed by atoms with E-state index in [0.717, 1.165) is 6.07 Å². The Morgan fingerprint density at radius 2 is 1.90 bits per heavy atom. The fraction of sp³-hybridized carbons (Fsp3) is 0.385. The van der Waals surface area contributed by atoms with Gasteiger partial charge in [0.2, 0.25) is 11.8 Å². The van der Waals surface area contributed by atoms with Crippen molar-refractivity contribution in [2.75, 3.05) is 10.6 Å². The summed E-state index contributed by atoms with van der Waals surface area (Å²) in [5.74, 6) is -1.35. The topological polar surface area (TPSA) is 58.2 Å². The minimum atomic E-state index is -1.12. The van der Waals surface area contributed by atoms with Crippen LogP contribution in [0.5, 0.6) is 0 Å². The van der Waals surface area contributed by atoms with Crippen molar-refractivity contribution >= 4 is 46.4 Å². The molecule has 108 valence electrons. The molecule has 1 aromatic carbocycles. The molecule has 2 rings (SSSR count). The van der Waals surface area contributed by atoms with Crippen molar-refractivity contribution in [3.8, 4) is 0 Å². The number of benzene rings is 1. The third-order valence-corrected chi connectivity index (χ3v) is 4.40. The van der Waals surface area contributed by atoms with Gasteiger partial charge in [-0.15, -0.1) is 23.2 Å². The van der Waals surface area contributed by atoms with Crippen LogP contribution in [0.25, 0.3) is 0 Å². The molecular formula is C13H13Cl2FN2O2. The Hall–Kier alpha value is -1.33. The molecule has 7 heteroatoms. The van der Waals surface area contributed by atoms with Crippen molar-refractivity contribution in [3.05, 3.63) is 24.0 Å². The van der Waals surface area contributed by atoms with Gasteiger partial charge in [-0.25, -0.2) is 4.39 Å². The molecule has 1 fully saturated rings. The number of carbonyl (C=O) groups excluding carboxylic acids is 2. The first kappa shape index (κ1) is 15.1. The van der Waals surface area contributed by atoms with Gasteiger partial charge in [-0.05, 0) is 31.5 Å². The summed E-state index contributed by atoms with van der Waals surface area (Å²) >= 11 is 11.8. The lowest BCUT2D eigenvalue weighted by atomic mass is 10.1. The average molecular weight is 319 g/mol. The van der Waals surface area contributed by atoms with Gasteiger partial charge in [-0.3, -0.25) is 9.59 Å². The van der Waals surface area contributed by atoms with Crippen molar-refractivity contribution in [2.24, 2.45) is 5.41 Å². The smallest absolute Gasteiger partial charge is 0.233 e. The van der Waals surface area contributed by atoms with Gasteiger partial charge in [0.1, 0.15) is 10.2 Å². The van der Waals surface area contributed by atoms with E-state index in [1.54, 1.807) is 6.92 Å². The molecule has 0 radical (unpaired) electrons. The average Bonchev–Trinajstić information content (AvgIpc) is 2.83. The molecule has 1 atom stereocenters. The Bertz CT molecular complexity index is 592. The van der Waals surface area contributed by atoms with Crippen LogP contribution in [0.2, 0.25) is 0 Å². The summed E-state index contributed by atoms with van der Waals surface area (Å²) in [6.45, 7) is 2.94. The zero-order valence-electron chi connectivity index (χ0n) is 10.9. The minimum Gasteiger partial charge on any atom is -0.326 e. The third-order valence-electron chi connectivity index (χ3n) is 3.29. The molecule has 4 nitrogen and oxygen atoms in total. The first-order chi connectivity index (χ1) is 9.15. The maximum atomic E-state index is 13.7. The van der Waals surface area contributed by atoms with Crippen molar-refractivity contribution < 1.29 is 14.0 Å². The molecule has 1 saturated carbocycles. The molecule has 0 spiro atoms. The van der Waals surface area contributed by atoms with Gasteiger partial charge in [0, 0.05) is 12.6 Å². The number of hydrogen-bond acceptors (Lipinski definition) is 2. The summed E-state index contributed by atoms with van der Waals surface area (Å²) < 4.78 is 12.6. The standard InChI is InChI=1S/C13H13Cl2FN2O2/c1-7(19)17-8-3-4-9(16)10(5-8)18-11(20)12(2)6-13(12,14)15/h3-5H,6H2,1-2H3,(H,17,19)(H,18,20). The Kier molecular flexibility index (Phi) is 3.69. The van der Waals surface area contributed by atoms with Crippen LogP contribution in [0.1, 0.15) is 20.3 Å². The van der Waals surface area contributed by atoms with Crippen molar-refractivity contribution in [3.63, 3.8) is 0 Å². The largest absolute Gasteiger partial charge is 0.326 e. The molecule has 0 aromatic heterocycles. The van der Waals surface area contributed by atoms with Gasteiger partial charge in [0.25, 0.3) is 0 Å². The predicted octanol–water partition coefficient (Wildman–Crippen LogP) is 3.31. The van der Waals surface area contributed by atoms with Crippen LogP contribution in [-0.2, 0) is 9.59 Å². The molecule has 0 heterocycles. The number of halogens is 3. The van der Waals surface area contributed by atoms with Crippen LogP contribution in [0.3, 0.4) is 0 Å². The molecule has 2 N–H and O–H groups in total. The second-order valence-electron chi connectivity index (χ2n) is 5.04. The molecule has 1 aromatic rings. The van der Waals surface area contributed by atoms with Crippen LogP contribution in [0.15, 0.2) is 18.2 Å². The molecule has 0 bridgehead atoms. The number of carbonyl (C=O) groups is 2. The first-order valence-corrected chi connectivity index (χ1v) is 6.68. The van der Waals surface area contributed by atoms with Gasteiger partial charge in [0.05, 0.1) is 11.1 Å². The summed E-state index contributed by atoms with van der Waals surface area (Å²) in [6, 6.07) is 3.90. The number of anilines is 2. The maximum Gasteiger partial charge on any atom is 0.233 e. The van der Waals surface area contributed by atoms with Crippen molar-refractivity contribution in [1.29, 1.82) is 0 Å². The van der Waals surface area contributed by atoms with Gasteiger partial charge >= 0.3 is 0 Å². The zero-order chi connectivity index (χ0) is 15.1. The molecule has 1 unspecified atom stereocenters. The summed E-state index contributed by atoms with van der Waals surface area (Å²) in [5.41, 5.74) is -0.580. The van der Waals surface area contributed by atoms with Gasteiger partial charge in [-0.2, -0.15) is 0 Å². The van der Waals surface area contributed by atoms with Crippen LogP contribution in [-0.4, -0.2) is 16.1 Å². The third kappa shape index (κ3) is 2.74. The monoisotopic (exact) mass is 318 g/mol. The lowest BCUT2D eigenvalue weighted by Gasteiger charge is -2.14. The van der Waals surface area contributed by atoms with Crippen LogP contribution in [0, 0.1) is 11.2 Å². The number of rotatable bonds is 3. The minimum absolute atomic E-state index is 0.0292. The van der Waals surface area contributed by atoms with Crippen molar-refractivity contribution in [1.82, 2.24) is 0 Å². The summed E-state index contributed by atoms with van der Waals surface area (Å²) in [6.07, 6.45) is 0.307. The van der Waals surface area contributed by atoms with Crippen LogP contribution in [0.4, 0.5) is 15.8 Å². The van der Waals surface area contributed by atoms with Crippen LogP contribution >= 0.6 is 23.2 Å². The molecule has 2 amide bonds. The Morgan fingerprint density at radius 1 is 1.30 bits per heavy atom. The molecular weight excluding hydrogens is 306 g/mol. The highest BCUT2D eigenvalue weighted by Crippen LogP contribution is 2.64. The van der Waals surface area contributed by atoms with Crippen molar-refractivity contribution in [2.45, 2.75) is 24.6 Å². The van der Waals surface area contributed by atoms with E-state index in [4.69, 9.17) is 23.2 Å². The van der Waals surface area contributed by atoms with E-state index in [1.807, 2.05) is 0 Å². The maximum absolute atomic E-state index is 13.7. The lowest BCUT2D eigenvalue weighted by molar-refractivity contribution is -0.120. The van der Waals surface area contributed by atoms with Gasteiger partial charge in [0.15, 0.2) is 0 Å². The highest BCUT2D eigenvalue weighted by molar-refractivity contribution is 6.53. The van der Waals surface area contributed by atoms with E-state index >= 15 is 0 Å². The first-order valence-electron chi connectivity index (χ1n) is 5.92. The molecule has 20 heavy (non-hydrogen) atoms. The van der Waals surface area contributed by atoms with E-state index in [1.165, 1.54) is 19.1 Å². The number of nitrogens with one attached hydrogen (secondary N) is 2. The fourth-order valence-electron chi connectivity index (χ4n) is 1.81. The quantitative estimate of drug-likeness (QED) is 0.840. The lowest BCUT2D eigenvalue weighted by Crippen LogP contribution is -2.26. The van der Waals surface area contributed by atoms with E-state index in [-0.39, 0.29) is 11.6 Å². The normalized spacial score (nSPS) is 23.1. The molecule has 0 aliphatic heterocycles. The van der Waals surface area contributed by atoms with Gasteiger partial charge in [-0.1, -0.05) is 0 Å². The van der Waals surface area contributed by atoms with E-state index in [2.05, 4.69) is 10.6 Å². The number of amides is 2. The summed E-state index contributed by atoms with van der Waals surface area (Å²) in [7, 11) is 0.